The van der Waals surface area contributed by atoms with Gasteiger partial charge < -0.3 is 14.0 Å². The van der Waals surface area contributed by atoms with E-state index in [2.05, 4.69) is 52.8 Å². The Bertz CT molecular complexity index is 694. The molecule has 0 aromatic heterocycles. The van der Waals surface area contributed by atoms with Crippen LogP contribution in [0.15, 0.2) is 48.5 Å². The van der Waals surface area contributed by atoms with Crippen molar-refractivity contribution in [2.24, 2.45) is 0 Å². The Balaban J connectivity index is 1.78. The highest BCUT2D eigenvalue weighted by Gasteiger charge is 2.52. The summed E-state index contributed by atoms with van der Waals surface area (Å²) in [5, 5.41) is 0. The van der Waals surface area contributed by atoms with E-state index in [1.165, 1.54) is 0 Å². The van der Waals surface area contributed by atoms with Gasteiger partial charge in [-0.2, -0.15) is 0 Å². The molecule has 0 unspecified atom stereocenters. The molecule has 0 spiro atoms. The van der Waals surface area contributed by atoms with Crippen LogP contribution in [0.4, 0.5) is 0 Å². The summed E-state index contributed by atoms with van der Waals surface area (Å²) in [6.45, 7) is 10.9. The fraction of sp³-hybridized carbons (Fsp3) is 0.400. The van der Waals surface area contributed by atoms with Gasteiger partial charge in [0.25, 0.3) is 0 Å². The third kappa shape index (κ3) is 3.35. The van der Waals surface area contributed by atoms with Crippen LogP contribution in [0.3, 0.4) is 0 Å². The Morgan fingerprint density at radius 1 is 0.917 bits per heavy atom. The van der Waals surface area contributed by atoms with Gasteiger partial charge in [0.05, 0.1) is 11.2 Å². The molecule has 1 heterocycles. The second-order valence-electron chi connectivity index (χ2n) is 7.38. The summed E-state index contributed by atoms with van der Waals surface area (Å²) in [6, 6.07) is 16.2. The summed E-state index contributed by atoms with van der Waals surface area (Å²) in [7, 11) is -0.365. The molecule has 0 aliphatic carbocycles. The molecule has 3 nitrogen and oxygen atoms in total. The molecule has 126 valence electrons. The topological polar surface area (TPSA) is 27.7 Å². The van der Waals surface area contributed by atoms with Gasteiger partial charge in [0, 0.05) is 0 Å². The van der Waals surface area contributed by atoms with Crippen LogP contribution in [0, 0.1) is 6.92 Å². The van der Waals surface area contributed by atoms with E-state index in [0.29, 0.717) is 6.61 Å². The Morgan fingerprint density at radius 2 is 1.54 bits per heavy atom. The molecule has 3 rings (SSSR count). The molecule has 1 aliphatic rings. The highest BCUT2D eigenvalue weighted by atomic mass is 16.7. The van der Waals surface area contributed by atoms with Gasteiger partial charge in [-0.25, -0.2) is 0 Å². The number of aryl methyl sites for hydroxylation is 1. The summed E-state index contributed by atoms with van der Waals surface area (Å²) in [4.78, 5) is 0. The third-order valence-corrected chi connectivity index (χ3v) is 5.01. The Morgan fingerprint density at radius 3 is 2.17 bits per heavy atom. The van der Waals surface area contributed by atoms with E-state index in [1.54, 1.807) is 0 Å². The lowest BCUT2D eigenvalue weighted by Crippen LogP contribution is -2.41. The molecule has 0 bridgehead atoms. The van der Waals surface area contributed by atoms with Crippen LogP contribution in [-0.4, -0.2) is 18.3 Å². The first kappa shape index (κ1) is 17.1. The first-order valence-corrected chi connectivity index (χ1v) is 8.41. The molecule has 0 radical (unpaired) electrons. The summed E-state index contributed by atoms with van der Waals surface area (Å²) in [5.74, 6) is 0.828. The smallest absolute Gasteiger partial charge is 0.489 e. The van der Waals surface area contributed by atoms with Crippen LogP contribution in [0.1, 0.15) is 38.8 Å². The zero-order valence-corrected chi connectivity index (χ0v) is 15.1. The number of rotatable bonds is 4. The fourth-order valence-electron chi connectivity index (χ4n) is 2.67. The average molecular weight is 324 g/mol. The van der Waals surface area contributed by atoms with Crippen molar-refractivity contribution in [3.8, 4) is 5.75 Å². The van der Waals surface area contributed by atoms with Crippen molar-refractivity contribution in [2.45, 2.75) is 52.4 Å². The molecular formula is C20H25BO3. The minimum Gasteiger partial charge on any atom is -0.489 e. The molecule has 1 saturated heterocycles. The lowest BCUT2D eigenvalue weighted by atomic mass is 9.76. The van der Waals surface area contributed by atoms with Crippen LogP contribution < -0.4 is 10.2 Å². The van der Waals surface area contributed by atoms with Crippen molar-refractivity contribution in [2.75, 3.05) is 0 Å². The maximum Gasteiger partial charge on any atom is 0.495 e. The van der Waals surface area contributed by atoms with Crippen LogP contribution in [0.2, 0.25) is 0 Å². The summed E-state index contributed by atoms with van der Waals surface area (Å²) in [5.41, 5.74) is 2.63. The quantitative estimate of drug-likeness (QED) is 0.799. The Labute approximate surface area is 145 Å². The molecule has 1 fully saturated rings. The highest BCUT2D eigenvalue weighted by Crippen LogP contribution is 2.36. The normalized spacial score (nSPS) is 18.6. The molecule has 2 aromatic rings. The largest absolute Gasteiger partial charge is 0.495 e. The van der Waals surface area contributed by atoms with Crippen LogP contribution in [0.25, 0.3) is 0 Å². The Hall–Kier alpha value is -1.78. The van der Waals surface area contributed by atoms with Crippen LogP contribution in [-0.2, 0) is 15.9 Å². The minimum atomic E-state index is -0.365. The number of hydrogen-bond donors (Lipinski definition) is 0. The first-order chi connectivity index (χ1) is 11.3. The van der Waals surface area contributed by atoms with E-state index >= 15 is 0 Å². The van der Waals surface area contributed by atoms with E-state index < -0.39 is 0 Å². The molecule has 0 atom stereocenters. The predicted octanol–water partition coefficient (Wildman–Crippen LogP) is 3.87. The molecule has 1 aliphatic heterocycles. The molecule has 0 saturated carbocycles. The van der Waals surface area contributed by atoms with Crippen molar-refractivity contribution in [3.63, 3.8) is 0 Å². The molecule has 0 N–H and O–H groups in total. The number of ether oxygens (including phenoxy) is 1. The van der Waals surface area contributed by atoms with Gasteiger partial charge in [0.15, 0.2) is 0 Å². The zero-order chi connectivity index (χ0) is 17.4. The number of hydrogen-bond acceptors (Lipinski definition) is 3. The standard InChI is InChI=1S/C20H25BO3/c1-15-11-12-17(22-14-16-9-7-6-8-10-16)13-18(15)21-23-19(2,3)20(4,5)24-21/h6-13H,14H2,1-5H3. The van der Waals surface area contributed by atoms with E-state index in [4.69, 9.17) is 14.0 Å². The highest BCUT2D eigenvalue weighted by molar-refractivity contribution is 6.62. The van der Waals surface area contributed by atoms with Crippen LogP contribution >= 0.6 is 0 Å². The Kier molecular flexibility index (Phi) is 4.45. The summed E-state index contributed by atoms with van der Waals surface area (Å²) >= 11 is 0. The molecular weight excluding hydrogens is 299 g/mol. The van der Waals surface area contributed by atoms with Gasteiger partial charge in [-0.15, -0.1) is 0 Å². The summed E-state index contributed by atoms with van der Waals surface area (Å²) < 4.78 is 18.3. The predicted molar refractivity (Wildman–Crippen MR) is 97.7 cm³/mol. The molecule has 4 heteroatoms. The maximum absolute atomic E-state index is 6.17. The van der Waals surface area contributed by atoms with E-state index in [-0.39, 0.29) is 18.3 Å². The third-order valence-electron chi connectivity index (χ3n) is 5.01. The van der Waals surface area contributed by atoms with Gasteiger partial charge in [0.1, 0.15) is 12.4 Å². The van der Waals surface area contributed by atoms with Crippen molar-refractivity contribution >= 4 is 12.6 Å². The maximum atomic E-state index is 6.17. The van der Waals surface area contributed by atoms with Gasteiger partial charge in [0.2, 0.25) is 0 Å². The summed E-state index contributed by atoms with van der Waals surface area (Å²) in [6.07, 6.45) is 0. The van der Waals surface area contributed by atoms with Crippen molar-refractivity contribution in [3.05, 3.63) is 59.7 Å². The molecule has 0 amide bonds. The van der Waals surface area contributed by atoms with Gasteiger partial charge in [-0.3, -0.25) is 0 Å². The van der Waals surface area contributed by atoms with Gasteiger partial charge in [-0.05, 0) is 57.8 Å². The van der Waals surface area contributed by atoms with Gasteiger partial charge >= 0.3 is 7.12 Å². The molecule has 24 heavy (non-hydrogen) atoms. The van der Waals surface area contributed by atoms with E-state index in [9.17, 15) is 0 Å². The van der Waals surface area contributed by atoms with E-state index in [0.717, 1.165) is 22.3 Å². The van der Waals surface area contributed by atoms with E-state index in [1.807, 2.05) is 30.3 Å². The van der Waals surface area contributed by atoms with Crippen LogP contribution in [0.5, 0.6) is 5.75 Å². The monoisotopic (exact) mass is 324 g/mol. The van der Waals surface area contributed by atoms with Gasteiger partial charge in [-0.1, -0.05) is 42.0 Å². The second kappa shape index (κ2) is 6.27. The first-order valence-electron chi connectivity index (χ1n) is 8.41. The van der Waals surface area contributed by atoms with Crippen molar-refractivity contribution in [1.29, 1.82) is 0 Å². The average Bonchev–Trinajstić information content (AvgIpc) is 2.75. The zero-order valence-electron chi connectivity index (χ0n) is 15.1. The lowest BCUT2D eigenvalue weighted by molar-refractivity contribution is 0.00578. The molecule has 2 aromatic carbocycles. The van der Waals surface area contributed by atoms with Crippen molar-refractivity contribution in [1.82, 2.24) is 0 Å². The second-order valence-corrected chi connectivity index (χ2v) is 7.38. The SMILES string of the molecule is Cc1ccc(OCc2ccccc2)cc1B1OC(C)(C)C(C)(C)O1. The number of benzene rings is 2. The van der Waals surface area contributed by atoms with Crippen molar-refractivity contribution < 1.29 is 14.0 Å². The lowest BCUT2D eigenvalue weighted by Gasteiger charge is -2.32. The minimum absolute atomic E-state index is 0.342. The fourth-order valence-corrected chi connectivity index (χ4v) is 2.67.